The molecule has 0 aromatic carbocycles. The number of carbonyl (C=O) groups excluding carboxylic acids is 1. The van der Waals surface area contributed by atoms with E-state index in [-0.39, 0.29) is 5.91 Å². The van der Waals surface area contributed by atoms with Crippen molar-refractivity contribution in [1.29, 1.82) is 0 Å². The first-order valence-electron chi connectivity index (χ1n) is 3.66. The maximum absolute atomic E-state index is 11.0. The van der Waals surface area contributed by atoms with Crippen LogP contribution in [0.15, 0.2) is 16.8 Å². The fourth-order valence-electron chi connectivity index (χ4n) is 0.768. The van der Waals surface area contributed by atoms with E-state index in [2.05, 4.69) is 21.2 Å². The van der Waals surface area contributed by atoms with Gasteiger partial charge in [-0.15, -0.1) is 0 Å². The Morgan fingerprint density at radius 3 is 3.08 bits per heavy atom. The third-order valence-electron chi connectivity index (χ3n) is 1.39. The molecule has 0 fully saturated rings. The van der Waals surface area contributed by atoms with Crippen molar-refractivity contribution in [2.75, 3.05) is 5.33 Å². The number of hydrogen-bond donors (Lipinski definition) is 1. The highest BCUT2D eigenvalue weighted by Crippen LogP contribution is 2.04. The first-order valence-corrected chi connectivity index (χ1v) is 5.73. The zero-order chi connectivity index (χ0) is 8.81. The Balaban J connectivity index is 2.22. The lowest BCUT2D eigenvalue weighted by atomic mass is 10.3. The van der Waals surface area contributed by atoms with E-state index in [0.29, 0.717) is 13.0 Å². The molecule has 0 saturated carbocycles. The molecule has 1 heterocycles. The van der Waals surface area contributed by atoms with Crippen LogP contribution in [0.1, 0.15) is 12.0 Å². The average Bonchev–Trinajstić information content (AvgIpc) is 2.53. The number of rotatable bonds is 4. The van der Waals surface area contributed by atoms with E-state index in [4.69, 9.17) is 0 Å². The van der Waals surface area contributed by atoms with Gasteiger partial charge in [-0.2, -0.15) is 11.3 Å². The third-order valence-corrected chi connectivity index (χ3v) is 2.52. The van der Waals surface area contributed by atoms with Gasteiger partial charge in [-0.25, -0.2) is 0 Å². The summed E-state index contributed by atoms with van der Waals surface area (Å²) in [5.41, 5.74) is 1.17. The summed E-state index contributed by atoms with van der Waals surface area (Å²) < 4.78 is 0. The molecule has 0 aliphatic rings. The monoisotopic (exact) mass is 247 g/mol. The normalized spacial score (nSPS) is 9.75. The van der Waals surface area contributed by atoms with E-state index in [1.165, 1.54) is 5.56 Å². The maximum atomic E-state index is 11.0. The molecule has 12 heavy (non-hydrogen) atoms. The van der Waals surface area contributed by atoms with Crippen LogP contribution in [0, 0.1) is 0 Å². The molecular weight excluding hydrogens is 238 g/mol. The fourth-order valence-corrected chi connectivity index (χ4v) is 1.80. The van der Waals surface area contributed by atoms with Crippen molar-refractivity contribution >= 4 is 33.2 Å². The van der Waals surface area contributed by atoms with E-state index in [0.717, 1.165) is 5.33 Å². The molecule has 2 nitrogen and oxygen atoms in total. The van der Waals surface area contributed by atoms with Gasteiger partial charge in [0.25, 0.3) is 0 Å². The van der Waals surface area contributed by atoms with Gasteiger partial charge in [0.15, 0.2) is 0 Å². The highest BCUT2D eigenvalue weighted by Gasteiger charge is 1.98. The van der Waals surface area contributed by atoms with Gasteiger partial charge < -0.3 is 5.32 Å². The van der Waals surface area contributed by atoms with Crippen LogP contribution in [0.3, 0.4) is 0 Å². The maximum Gasteiger partial charge on any atom is 0.221 e. The molecule has 1 rings (SSSR count). The van der Waals surface area contributed by atoms with Crippen molar-refractivity contribution in [3.05, 3.63) is 22.4 Å². The van der Waals surface area contributed by atoms with Crippen LogP contribution in [0.25, 0.3) is 0 Å². The minimum atomic E-state index is 0.0954. The quantitative estimate of drug-likeness (QED) is 0.813. The Bertz CT molecular complexity index is 235. The van der Waals surface area contributed by atoms with Crippen molar-refractivity contribution in [2.24, 2.45) is 0 Å². The first kappa shape index (κ1) is 9.74. The number of carbonyl (C=O) groups is 1. The summed E-state index contributed by atoms with van der Waals surface area (Å²) >= 11 is 4.85. The highest BCUT2D eigenvalue weighted by atomic mass is 79.9. The molecular formula is C8H10BrNOS. The summed E-state index contributed by atoms with van der Waals surface area (Å²) in [6, 6.07) is 2.01. The largest absolute Gasteiger partial charge is 0.352 e. The summed E-state index contributed by atoms with van der Waals surface area (Å²) in [5, 5.41) is 7.59. The first-order chi connectivity index (χ1) is 5.83. The van der Waals surface area contributed by atoms with Crippen LogP contribution in [-0.4, -0.2) is 11.2 Å². The fraction of sp³-hybridized carbons (Fsp3) is 0.375. The van der Waals surface area contributed by atoms with E-state index >= 15 is 0 Å². The number of thiophene rings is 1. The van der Waals surface area contributed by atoms with Crippen LogP contribution in [0.4, 0.5) is 0 Å². The molecule has 0 saturated heterocycles. The molecule has 1 aromatic rings. The van der Waals surface area contributed by atoms with Gasteiger partial charge >= 0.3 is 0 Å². The minimum absolute atomic E-state index is 0.0954. The summed E-state index contributed by atoms with van der Waals surface area (Å²) in [7, 11) is 0. The summed E-state index contributed by atoms with van der Waals surface area (Å²) in [6.45, 7) is 0.648. The predicted octanol–water partition coefficient (Wildman–Crippen LogP) is 2.15. The Kier molecular flexibility index (Phi) is 4.32. The number of halogens is 1. The van der Waals surface area contributed by atoms with Gasteiger partial charge in [-0.3, -0.25) is 4.79 Å². The summed E-state index contributed by atoms with van der Waals surface area (Å²) in [5.74, 6) is 0.0954. The Morgan fingerprint density at radius 2 is 2.50 bits per heavy atom. The Morgan fingerprint density at radius 1 is 1.67 bits per heavy atom. The molecule has 1 aromatic heterocycles. The lowest BCUT2D eigenvalue weighted by Crippen LogP contribution is -2.22. The van der Waals surface area contributed by atoms with E-state index < -0.39 is 0 Å². The molecule has 1 N–H and O–H groups in total. The second-order valence-electron chi connectivity index (χ2n) is 2.35. The van der Waals surface area contributed by atoms with Crippen molar-refractivity contribution in [2.45, 2.75) is 13.0 Å². The highest BCUT2D eigenvalue weighted by molar-refractivity contribution is 9.09. The Labute approximate surface area is 84.1 Å². The molecule has 66 valence electrons. The lowest BCUT2D eigenvalue weighted by Gasteiger charge is -2.00. The van der Waals surface area contributed by atoms with Gasteiger partial charge in [-0.05, 0) is 22.4 Å². The number of hydrogen-bond acceptors (Lipinski definition) is 2. The zero-order valence-electron chi connectivity index (χ0n) is 6.55. The van der Waals surface area contributed by atoms with Gasteiger partial charge in [0.1, 0.15) is 0 Å². The smallest absolute Gasteiger partial charge is 0.221 e. The molecule has 0 unspecified atom stereocenters. The second-order valence-corrected chi connectivity index (χ2v) is 3.92. The average molecular weight is 248 g/mol. The number of amides is 1. The van der Waals surface area contributed by atoms with Crippen LogP contribution in [0.5, 0.6) is 0 Å². The van der Waals surface area contributed by atoms with Crippen LogP contribution in [-0.2, 0) is 11.3 Å². The van der Waals surface area contributed by atoms with Crippen molar-refractivity contribution in [3.8, 4) is 0 Å². The Hall–Kier alpha value is -0.350. The van der Waals surface area contributed by atoms with Crippen molar-refractivity contribution < 1.29 is 4.79 Å². The van der Waals surface area contributed by atoms with Gasteiger partial charge in [-0.1, -0.05) is 15.9 Å². The van der Waals surface area contributed by atoms with Crippen molar-refractivity contribution in [3.63, 3.8) is 0 Å². The molecule has 0 atom stereocenters. The van der Waals surface area contributed by atoms with Gasteiger partial charge in [0.2, 0.25) is 5.91 Å². The molecule has 0 spiro atoms. The van der Waals surface area contributed by atoms with Crippen LogP contribution >= 0.6 is 27.3 Å². The molecule has 0 bridgehead atoms. The minimum Gasteiger partial charge on any atom is -0.352 e. The van der Waals surface area contributed by atoms with Gasteiger partial charge in [0, 0.05) is 18.3 Å². The SMILES string of the molecule is O=C(CCBr)NCc1ccsc1. The lowest BCUT2D eigenvalue weighted by molar-refractivity contribution is -0.120. The molecule has 0 aliphatic heterocycles. The van der Waals surface area contributed by atoms with E-state index in [1.54, 1.807) is 11.3 Å². The van der Waals surface area contributed by atoms with Crippen molar-refractivity contribution in [1.82, 2.24) is 5.32 Å². The predicted molar refractivity (Wildman–Crippen MR) is 54.6 cm³/mol. The molecule has 0 radical (unpaired) electrons. The molecule has 4 heteroatoms. The topological polar surface area (TPSA) is 29.1 Å². The van der Waals surface area contributed by atoms with E-state index in [1.807, 2.05) is 16.8 Å². The number of nitrogens with one attached hydrogen (secondary N) is 1. The standard InChI is InChI=1S/C8H10BrNOS/c9-3-1-8(11)10-5-7-2-4-12-6-7/h2,4,6H,1,3,5H2,(H,10,11). The summed E-state index contributed by atoms with van der Waals surface area (Å²) in [4.78, 5) is 11.0. The van der Waals surface area contributed by atoms with Gasteiger partial charge in [0.05, 0.1) is 0 Å². The van der Waals surface area contributed by atoms with Crippen LogP contribution < -0.4 is 5.32 Å². The second kappa shape index (κ2) is 5.32. The number of alkyl halides is 1. The third kappa shape index (κ3) is 3.36. The molecule has 1 amide bonds. The van der Waals surface area contributed by atoms with Crippen LogP contribution in [0.2, 0.25) is 0 Å². The zero-order valence-corrected chi connectivity index (χ0v) is 8.95. The summed E-state index contributed by atoms with van der Waals surface area (Å²) in [6.07, 6.45) is 0.546. The van der Waals surface area contributed by atoms with E-state index in [9.17, 15) is 4.79 Å². The molecule has 0 aliphatic carbocycles.